The molecule has 0 unspecified atom stereocenters. The second kappa shape index (κ2) is 9.36. The van der Waals surface area contributed by atoms with Gasteiger partial charge in [0.05, 0.1) is 18.7 Å². The summed E-state index contributed by atoms with van der Waals surface area (Å²) < 4.78 is 10.9. The van der Waals surface area contributed by atoms with Crippen LogP contribution in [0.3, 0.4) is 0 Å². The number of hydrogen-bond donors (Lipinski definition) is 0. The van der Waals surface area contributed by atoms with Gasteiger partial charge in [-0.3, -0.25) is 4.79 Å². The van der Waals surface area contributed by atoms with Crippen molar-refractivity contribution in [1.82, 2.24) is 4.90 Å². The molecule has 0 fully saturated rings. The van der Waals surface area contributed by atoms with Gasteiger partial charge in [0.1, 0.15) is 0 Å². The van der Waals surface area contributed by atoms with Crippen LogP contribution in [0.15, 0.2) is 18.2 Å². The van der Waals surface area contributed by atoms with Crippen molar-refractivity contribution in [3.8, 4) is 11.5 Å². The van der Waals surface area contributed by atoms with Gasteiger partial charge in [-0.1, -0.05) is 18.5 Å². The van der Waals surface area contributed by atoms with Gasteiger partial charge in [0.25, 0.3) is 0 Å². The summed E-state index contributed by atoms with van der Waals surface area (Å²) in [6, 6.07) is 3.57. The maximum absolute atomic E-state index is 12.0. The average Bonchev–Trinajstić information content (AvgIpc) is 2.52. The van der Waals surface area contributed by atoms with Gasteiger partial charge < -0.3 is 14.4 Å². The highest BCUT2D eigenvalue weighted by molar-refractivity contribution is 6.32. The highest BCUT2D eigenvalue weighted by Gasteiger charge is 2.11. The molecular weight excluding hydrogens is 302 g/mol. The molecule has 1 rings (SSSR count). The van der Waals surface area contributed by atoms with Crippen molar-refractivity contribution < 1.29 is 14.3 Å². The van der Waals surface area contributed by atoms with Crippen LogP contribution in [0.25, 0.3) is 6.08 Å². The molecule has 0 radical (unpaired) electrons. The summed E-state index contributed by atoms with van der Waals surface area (Å²) in [5.41, 5.74) is 0.797. The third kappa shape index (κ3) is 4.95. The first-order chi connectivity index (χ1) is 10.6. The quantitative estimate of drug-likeness (QED) is 0.678. The summed E-state index contributed by atoms with van der Waals surface area (Å²) in [7, 11) is 1.57. The molecule has 1 amide bonds. The fourth-order valence-corrected chi connectivity index (χ4v) is 2.26. The Morgan fingerprint density at radius 1 is 1.27 bits per heavy atom. The molecule has 0 aliphatic heterocycles. The van der Waals surface area contributed by atoms with Crippen LogP contribution in [0, 0.1) is 0 Å². The Morgan fingerprint density at radius 3 is 2.50 bits per heavy atom. The Labute approximate surface area is 137 Å². The second-order valence-corrected chi connectivity index (χ2v) is 5.13. The van der Waals surface area contributed by atoms with Gasteiger partial charge >= 0.3 is 0 Å². The normalized spacial score (nSPS) is 10.8. The standard InChI is InChI=1S/C17H24ClNO3/c1-5-10-22-17-14(18)11-13(12-15(17)21-4)8-9-16(20)19(6-2)7-3/h8-9,11-12H,5-7,10H2,1-4H3/b9-8+. The minimum Gasteiger partial charge on any atom is -0.493 e. The smallest absolute Gasteiger partial charge is 0.246 e. The van der Waals surface area contributed by atoms with Gasteiger partial charge in [-0.2, -0.15) is 0 Å². The number of hydrogen-bond acceptors (Lipinski definition) is 3. The predicted molar refractivity (Wildman–Crippen MR) is 90.8 cm³/mol. The summed E-state index contributed by atoms with van der Waals surface area (Å²) in [6.45, 7) is 7.88. The molecule has 122 valence electrons. The lowest BCUT2D eigenvalue weighted by Gasteiger charge is -2.16. The number of amides is 1. The first-order valence-electron chi connectivity index (χ1n) is 7.54. The molecule has 0 spiro atoms. The van der Waals surface area contributed by atoms with E-state index in [2.05, 4.69) is 0 Å². The number of ether oxygens (including phenoxy) is 2. The largest absolute Gasteiger partial charge is 0.493 e. The van der Waals surface area contributed by atoms with Gasteiger partial charge in [-0.15, -0.1) is 0 Å². The molecule has 0 saturated heterocycles. The maximum Gasteiger partial charge on any atom is 0.246 e. The Bertz CT molecular complexity index is 525. The molecule has 0 N–H and O–H groups in total. The minimum atomic E-state index is -0.0219. The van der Waals surface area contributed by atoms with E-state index in [9.17, 15) is 4.79 Å². The van der Waals surface area contributed by atoms with E-state index >= 15 is 0 Å². The molecule has 0 aromatic heterocycles. The van der Waals surface area contributed by atoms with Crippen LogP contribution < -0.4 is 9.47 Å². The number of carbonyl (C=O) groups is 1. The Balaban J connectivity index is 2.97. The number of nitrogens with zero attached hydrogens (tertiary/aromatic N) is 1. The van der Waals surface area contributed by atoms with Crippen molar-refractivity contribution in [2.75, 3.05) is 26.8 Å². The summed E-state index contributed by atoms with van der Waals surface area (Å²) in [6.07, 6.45) is 4.17. The van der Waals surface area contributed by atoms with Crippen LogP contribution in [0.5, 0.6) is 11.5 Å². The number of methoxy groups -OCH3 is 1. The Hall–Kier alpha value is -1.68. The van der Waals surface area contributed by atoms with Crippen LogP contribution in [0.4, 0.5) is 0 Å². The Kier molecular flexibility index (Phi) is 7.82. The van der Waals surface area contributed by atoms with Gasteiger partial charge in [0.15, 0.2) is 11.5 Å². The number of benzene rings is 1. The Morgan fingerprint density at radius 2 is 1.95 bits per heavy atom. The predicted octanol–water partition coefficient (Wildman–Crippen LogP) is 4.02. The molecule has 0 bridgehead atoms. The summed E-state index contributed by atoms with van der Waals surface area (Å²) in [5, 5.41) is 0.475. The van der Waals surface area contributed by atoms with E-state index in [0.29, 0.717) is 36.2 Å². The molecule has 1 aromatic rings. The number of likely N-dealkylation sites (N-methyl/N-ethyl adjacent to an activating group) is 1. The van der Waals surface area contributed by atoms with E-state index < -0.39 is 0 Å². The minimum absolute atomic E-state index is 0.0219. The lowest BCUT2D eigenvalue weighted by Crippen LogP contribution is -2.28. The average molecular weight is 326 g/mol. The zero-order chi connectivity index (χ0) is 16.5. The summed E-state index contributed by atoms with van der Waals surface area (Å²) in [5.74, 6) is 1.08. The summed E-state index contributed by atoms with van der Waals surface area (Å²) in [4.78, 5) is 13.7. The van der Waals surface area contributed by atoms with Crippen molar-refractivity contribution in [2.45, 2.75) is 27.2 Å². The van der Waals surface area contributed by atoms with Gasteiger partial charge in [-0.25, -0.2) is 0 Å². The monoisotopic (exact) mass is 325 g/mol. The topological polar surface area (TPSA) is 38.8 Å². The first kappa shape index (κ1) is 18.4. The van der Waals surface area contributed by atoms with Crippen molar-refractivity contribution in [2.24, 2.45) is 0 Å². The van der Waals surface area contributed by atoms with Gasteiger partial charge in [0, 0.05) is 19.2 Å². The van der Waals surface area contributed by atoms with E-state index in [0.717, 1.165) is 12.0 Å². The third-order valence-electron chi connectivity index (χ3n) is 3.20. The lowest BCUT2D eigenvalue weighted by atomic mass is 10.2. The zero-order valence-corrected chi connectivity index (χ0v) is 14.4. The van der Waals surface area contributed by atoms with Gasteiger partial charge in [0.2, 0.25) is 5.91 Å². The van der Waals surface area contributed by atoms with Crippen LogP contribution in [0.2, 0.25) is 5.02 Å². The van der Waals surface area contributed by atoms with Crippen molar-refractivity contribution >= 4 is 23.6 Å². The molecule has 0 saturated carbocycles. The van der Waals surface area contributed by atoms with Crippen molar-refractivity contribution in [1.29, 1.82) is 0 Å². The van der Waals surface area contributed by atoms with E-state index in [4.69, 9.17) is 21.1 Å². The molecule has 0 aliphatic carbocycles. The van der Waals surface area contributed by atoms with Crippen LogP contribution in [-0.4, -0.2) is 37.6 Å². The highest BCUT2D eigenvalue weighted by Crippen LogP contribution is 2.36. The molecular formula is C17H24ClNO3. The van der Waals surface area contributed by atoms with Crippen molar-refractivity contribution in [3.63, 3.8) is 0 Å². The second-order valence-electron chi connectivity index (χ2n) is 4.73. The molecule has 0 heterocycles. The molecule has 5 heteroatoms. The molecule has 1 aromatic carbocycles. The SMILES string of the molecule is CCCOc1c(Cl)cc(/C=C/C(=O)N(CC)CC)cc1OC. The van der Waals surface area contributed by atoms with Crippen LogP contribution >= 0.6 is 11.6 Å². The van der Waals surface area contributed by atoms with E-state index in [1.165, 1.54) is 0 Å². The first-order valence-corrected chi connectivity index (χ1v) is 7.92. The van der Waals surface area contributed by atoms with E-state index in [1.807, 2.05) is 26.8 Å². The number of rotatable bonds is 8. The number of carbonyl (C=O) groups excluding carboxylic acids is 1. The van der Waals surface area contributed by atoms with Gasteiger partial charge in [-0.05, 0) is 44.0 Å². The fourth-order valence-electron chi connectivity index (χ4n) is 1.99. The maximum atomic E-state index is 12.0. The zero-order valence-electron chi connectivity index (χ0n) is 13.7. The highest BCUT2D eigenvalue weighted by atomic mass is 35.5. The van der Waals surface area contributed by atoms with E-state index in [1.54, 1.807) is 30.2 Å². The van der Waals surface area contributed by atoms with Crippen LogP contribution in [0.1, 0.15) is 32.8 Å². The molecule has 0 aliphatic rings. The molecule has 22 heavy (non-hydrogen) atoms. The number of halogens is 1. The van der Waals surface area contributed by atoms with Crippen LogP contribution in [-0.2, 0) is 4.79 Å². The molecule has 0 atom stereocenters. The third-order valence-corrected chi connectivity index (χ3v) is 3.48. The fraction of sp³-hybridized carbons (Fsp3) is 0.471. The molecule has 4 nitrogen and oxygen atoms in total. The van der Waals surface area contributed by atoms with E-state index in [-0.39, 0.29) is 5.91 Å². The summed E-state index contributed by atoms with van der Waals surface area (Å²) >= 11 is 6.25. The van der Waals surface area contributed by atoms with Crippen molar-refractivity contribution in [3.05, 3.63) is 28.8 Å². The lowest BCUT2D eigenvalue weighted by molar-refractivity contribution is -0.125.